The van der Waals surface area contributed by atoms with Crippen LogP contribution in [0.15, 0.2) is 12.5 Å². The molecule has 1 aliphatic carbocycles. The second-order valence-corrected chi connectivity index (χ2v) is 5.95. The van der Waals surface area contributed by atoms with Crippen molar-refractivity contribution in [3.8, 4) is 0 Å². The van der Waals surface area contributed by atoms with Gasteiger partial charge in [0.05, 0.1) is 6.33 Å². The molecule has 1 heterocycles. The lowest BCUT2D eigenvalue weighted by atomic mass is 9.64. The molecule has 6 nitrogen and oxygen atoms in total. The number of hydrogen-bond acceptors (Lipinski definition) is 3. The Hall–Kier alpha value is -1.85. The smallest absolute Gasteiger partial charge is 0.326 e. The van der Waals surface area contributed by atoms with E-state index >= 15 is 0 Å². The summed E-state index contributed by atoms with van der Waals surface area (Å²) in [4.78, 5) is 29.8. The molecule has 0 bridgehead atoms. The minimum Gasteiger partial charge on any atom is -0.480 e. The summed E-state index contributed by atoms with van der Waals surface area (Å²) in [6.45, 7) is 4.21. The van der Waals surface area contributed by atoms with Gasteiger partial charge < -0.3 is 15.4 Å². The standard InChI is InChI=1S/C13H19N3O3/c1-13(2)4-8(5-13)11(17)16-10(12(18)19)3-9-6-14-7-15-9/h6-8,10H,3-5H2,1-2H3,(H,14,15)(H,16,17)(H,18,19)/t10-/m1/s1. The average molecular weight is 265 g/mol. The summed E-state index contributed by atoms with van der Waals surface area (Å²) in [5, 5.41) is 11.8. The highest BCUT2D eigenvalue weighted by Gasteiger charge is 2.41. The number of aromatic nitrogens is 2. The number of H-pyrrole nitrogens is 1. The normalized spacial score (nSPS) is 19.5. The van der Waals surface area contributed by atoms with E-state index in [1.807, 2.05) is 0 Å². The summed E-state index contributed by atoms with van der Waals surface area (Å²) >= 11 is 0. The fraction of sp³-hybridized carbons (Fsp3) is 0.615. The number of carbonyl (C=O) groups is 2. The van der Waals surface area contributed by atoms with Gasteiger partial charge in [0.2, 0.25) is 5.91 Å². The van der Waals surface area contributed by atoms with Gasteiger partial charge in [0.15, 0.2) is 0 Å². The van der Waals surface area contributed by atoms with Gasteiger partial charge in [-0.15, -0.1) is 0 Å². The average Bonchev–Trinajstić information content (AvgIpc) is 2.77. The fourth-order valence-corrected chi connectivity index (χ4v) is 2.57. The molecule has 3 N–H and O–H groups in total. The van der Waals surface area contributed by atoms with Crippen LogP contribution in [0.25, 0.3) is 0 Å². The number of amides is 1. The van der Waals surface area contributed by atoms with Crippen LogP contribution in [0.3, 0.4) is 0 Å². The molecular weight excluding hydrogens is 246 g/mol. The molecule has 19 heavy (non-hydrogen) atoms. The van der Waals surface area contributed by atoms with Crippen molar-refractivity contribution in [1.82, 2.24) is 15.3 Å². The van der Waals surface area contributed by atoms with Gasteiger partial charge in [0, 0.05) is 24.2 Å². The van der Waals surface area contributed by atoms with E-state index in [2.05, 4.69) is 29.1 Å². The second-order valence-electron chi connectivity index (χ2n) is 5.95. The molecule has 1 atom stereocenters. The molecule has 1 amide bonds. The third kappa shape index (κ3) is 3.33. The lowest BCUT2D eigenvalue weighted by Gasteiger charge is -2.41. The molecule has 0 spiro atoms. The number of carboxylic acid groups (broad SMARTS) is 1. The highest BCUT2D eigenvalue weighted by Crippen LogP contribution is 2.44. The van der Waals surface area contributed by atoms with E-state index in [1.165, 1.54) is 6.33 Å². The van der Waals surface area contributed by atoms with E-state index < -0.39 is 12.0 Å². The van der Waals surface area contributed by atoms with Gasteiger partial charge in [-0.2, -0.15) is 0 Å². The summed E-state index contributed by atoms with van der Waals surface area (Å²) in [5.41, 5.74) is 0.894. The number of rotatable bonds is 5. The van der Waals surface area contributed by atoms with Crippen molar-refractivity contribution in [2.24, 2.45) is 11.3 Å². The van der Waals surface area contributed by atoms with Crippen LogP contribution in [0, 0.1) is 11.3 Å². The zero-order valence-corrected chi connectivity index (χ0v) is 11.1. The van der Waals surface area contributed by atoms with Gasteiger partial charge in [-0.1, -0.05) is 13.8 Å². The summed E-state index contributed by atoms with van der Waals surface area (Å²) in [6.07, 6.45) is 4.90. The monoisotopic (exact) mass is 265 g/mol. The predicted octanol–water partition coefficient (Wildman–Crippen LogP) is 0.958. The van der Waals surface area contributed by atoms with Gasteiger partial charge in [-0.25, -0.2) is 9.78 Å². The first-order valence-corrected chi connectivity index (χ1v) is 6.38. The van der Waals surface area contributed by atoms with Crippen LogP contribution < -0.4 is 5.32 Å². The highest BCUT2D eigenvalue weighted by atomic mass is 16.4. The maximum atomic E-state index is 12.0. The molecule has 0 saturated heterocycles. The zero-order valence-electron chi connectivity index (χ0n) is 11.1. The van der Waals surface area contributed by atoms with E-state index in [1.54, 1.807) is 6.20 Å². The zero-order chi connectivity index (χ0) is 14.0. The number of nitrogens with zero attached hydrogens (tertiary/aromatic N) is 1. The van der Waals surface area contributed by atoms with E-state index in [-0.39, 0.29) is 23.7 Å². The fourth-order valence-electron chi connectivity index (χ4n) is 2.57. The Kier molecular flexibility index (Phi) is 3.59. The SMILES string of the molecule is CC1(C)CC(C(=O)N[C@H](Cc2cnc[nH]2)C(=O)O)C1. The number of aromatic amines is 1. The Balaban J connectivity index is 1.90. The number of hydrogen-bond donors (Lipinski definition) is 3. The third-order valence-electron chi connectivity index (χ3n) is 3.56. The van der Waals surface area contributed by atoms with Crippen molar-refractivity contribution >= 4 is 11.9 Å². The van der Waals surface area contributed by atoms with E-state index in [9.17, 15) is 9.59 Å². The van der Waals surface area contributed by atoms with Crippen molar-refractivity contribution < 1.29 is 14.7 Å². The van der Waals surface area contributed by atoms with Gasteiger partial charge in [0.25, 0.3) is 0 Å². The van der Waals surface area contributed by atoms with Gasteiger partial charge >= 0.3 is 5.97 Å². The number of imidazole rings is 1. The molecule has 1 saturated carbocycles. The summed E-state index contributed by atoms with van der Waals surface area (Å²) in [6, 6.07) is -0.906. The molecule has 1 aliphatic rings. The lowest BCUT2D eigenvalue weighted by Crippen LogP contribution is -2.49. The number of nitrogens with one attached hydrogen (secondary N) is 2. The predicted molar refractivity (Wildman–Crippen MR) is 68.4 cm³/mol. The summed E-state index contributed by atoms with van der Waals surface area (Å²) < 4.78 is 0. The molecule has 1 aromatic rings. The van der Waals surface area contributed by atoms with Crippen LogP contribution in [0.4, 0.5) is 0 Å². The first kappa shape index (κ1) is 13.6. The second kappa shape index (κ2) is 5.03. The molecule has 6 heteroatoms. The highest BCUT2D eigenvalue weighted by molar-refractivity contribution is 5.85. The third-order valence-corrected chi connectivity index (χ3v) is 3.56. The molecule has 0 aromatic carbocycles. The molecule has 1 fully saturated rings. The Morgan fingerprint density at radius 3 is 2.74 bits per heavy atom. The lowest BCUT2D eigenvalue weighted by molar-refractivity contribution is -0.144. The quantitative estimate of drug-likeness (QED) is 0.739. The van der Waals surface area contributed by atoms with Crippen LogP contribution in [-0.4, -0.2) is 33.0 Å². The van der Waals surface area contributed by atoms with Crippen LogP contribution in [0.1, 0.15) is 32.4 Å². The molecular formula is C13H19N3O3. The molecule has 1 aromatic heterocycles. The summed E-state index contributed by atoms with van der Waals surface area (Å²) in [5.74, 6) is -1.24. The summed E-state index contributed by atoms with van der Waals surface area (Å²) in [7, 11) is 0. The van der Waals surface area contributed by atoms with E-state index in [0.717, 1.165) is 12.8 Å². The Bertz CT molecular complexity index is 459. The number of carboxylic acids is 1. The van der Waals surface area contributed by atoms with Crippen LogP contribution in [0.5, 0.6) is 0 Å². The Morgan fingerprint density at radius 1 is 1.58 bits per heavy atom. The Morgan fingerprint density at radius 2 is 2.26 bits per heavy atom. The largest absolute Gasteiger partial charge is 0.480 e. The van der Waals surface area contributed by atoms with E-state index in [0.29, 0.717) is 5.69 Å². The van der Waals surface area contributed by atoms with Gasteiger partial charge in [-0.05, 0) is 18.3 Å². The van der Waals surface area contributed by atoms with Crippen molar-refractivity contribution in [3.63, 3.8) is 0 Å². The van der Waals surface area contributed by atoms with Crippen LogP contribution in [-0.2, 0) is 16.0 Å². The van der Waals surface area contributed by atoms with Crippen molar-refractivity contribution in [2.75, 3.05) is 0 Å². The molecule has 0 radical (unpaired) electrons. The molecule has 2 rings (SSSR count). The van der Waals surface area contributed by atoms with Crippen LogP contribution >= 0.6 is 0 Å². The minimum atomic E-state index is -1.03. The van der Waals surface area contributed by atoms with Crippen molar-refractivity contribution in [2.45, 2.75) is 39.2 Å². The first-order valence-electron chi connectivity index (χ1n) is 6.38. The Labute approximate surface area is 111 Å². The molecule has 104 valence electrons. The molecule has 0 unspecified atom stereocenters. The van der Waals surface area contributed by atoms with Crippen LogP contribution in [0.2, 0.25) is 0 Å². The minimum absolute atomic E-state index is 0.0568. The number of carbonyl (C=O) groups excluding carboxylic acids is 1. The maximum absolute atomic E-state index is 12.0. The molecule has 0 aliphatic heterocycles. The number of aliphatic carboxylic acids is 1. The van der Waals surface area contributed by atoms with Gasteiger partial charge in [-0.3, -0.25) is 4.79 Å². The topological polar surface area (TPSA) is 95.1 Å². The maximum Gasteiger partial charge on any atom is 0.326 e. The first-order chi connectivity index (χ1) is 8.87. The van der Waals surface area contributed by atoms with E-state index in [4.69, 9.17) is 5.11 Å². The van der Waals surface area contributed by atoms with Crippen molar-refractivity contribution in [1.29, 1.82) is 0 Å². The van der Waals surface area contributed by atoms with Gasteiger partial charge in [0.1, 0.15) is 6.04 Å². The van der Waals surface area contributed by atoms with Crippen molar-refractivity contribution in [3.05, 3.63) is 18.2 Å².